The summed E-state index contributed by atoms with van der Waals surface area (Å²) in [6, 6.07) is 6.43. The van der Waals surface area contributed by atoms with Crippen molar-refractivity contribution in [3.63, 3.8) is 0 Å². The summed E-state index contributed by atoms with van der Waals surface area (Å²) in [6.45, 7) is 5.50. The van der Waals surface area contributed by atoms with Gasteiger partial charge in [-0.2, -0.15) is 0 Å². The molecule has 0 radical (unpaired) electrons. The van der Waals surface area contributed by atoms with Gasteiger partial charge in [0, 0.05) is 6.04 Å². The lowest BCUT2D eigenvalue weighted by Crippen LogP contribution is -2.29. The molecule has 3 atom stereocenters. The summed E-state index contributed by atoms with van der Waals surface area (Å²) in [5.41, 5.74) is 1.27. The molecule has 1 aromatic carbocycles. The highest BCUT2D eigenvalue weighted by atomic mass is 35.5. The Hall–Kier alpha value is -0.240. The zero-order valence-electron chi connectivity index (χ0n) is 11.0. The average molecular weight is 286 g/mol. The van der Waals surface area contributed by atoms with Crippen LogP contribution in [-0.4, -0.2) is 6.54 Å². The second kappa shape index (κ2) is 6.27. The third-order valence-electron chi connectivity index (χ3n) is 4.08. The maximum absolute atomic E-state index is 6.14. The van der Waals surface area contributed by atoms with Crippen molar-refractivity contribution in [1.82, 2.24) is 5.32 Å². The van der Waals surface area contributed by atoms with Crippen molar-refractivity contribution >= 4 is 23.2 Å². The number of rotatable bonds is 4. The van der Waals surface area contributed by atoms with Crippen LogP contribution in [-0.2, 0) is 0 Å². The molecule has 1 aliphatic carbocycles. The highest BCUT2D eigenvalue weighted by Crippen LogP contribution is 2.41. The van der Waals surface area contributed by atoms with Gasteiger partial charge in [0.15, 0.2) is 0 Å². The Bertz CT molecular complexity index is 405. The second-order valence-electron chi connectivity index (χ2n) is 5.28. The van der Waals surface area contributed by atoms with Crippen molar-refractivity contribution in [3.8, 4) is 0 Å². The fourth-order valence-corrected chi connectivity index (χ4v) is 3.42. The van der Waals surface area contributed by atoms with Gasteiger partial charge in [0.25, 0.3) is 0 Å². The lowest BCUT2D eigenvalue weighted by Gasteiger charge is -2.28. The fourth-order valence-electron chi connectivity index (χ4n) is 3.11. The lowest BCUT2D eigenvalue weighted by molar-refractivity contribution is 0.305. The van der Waals surface area contributed by atoms with E-state index in [0.29, 0.717) is 22.0 Å². The van der Waals surface area contributed by atoms with Gasteiger partial charge in [0.05, 0.1) is 10.0 Å². The second-order valence-corrected chi connectivity index (χ2v) is 6.10. The molecule has 0 saturated heterocycles. The summed E-state index contributed by atoms with van der Waals surface area (Å²) in [7, 11) is 0. The van der Waals surface area contributed by atoms with Gasteiger partial charge in [-0.25, -0.2) is 0 Å². The van der Waals surface area contributed by atoms with E-state index in [1.807, 2.05) is 12.1 Å². The molecule has 3 unspecified atom stereocenters. The summed E-state index contributed by atoms with van der Waals surface area (Å²) < 4.78 is 0. The van der Waals surface area contributed by atoms with Crippen LogP contribution in [0, 0.1) is 11.8 Å². The van der Waals surface area contributed by atoms with Crippen LogP contribution >= 0.6 is 23.2 Å². The monoisotopic (exact) mass is 285 g/mol. The highest BCUT2D eigenvalue weighted by Gasteiger charge is 2.31. The number of nitrogens with one attached hydrogen (secondary N) is 1. The van der Waals surface area contributed by atoms with E-state index in [9.17, 15) is 0 Å². The molecular formula is C15H21Cl2N. The van der Waals surface area contributed by atoms with Gasteiger partial charge in [0.1, 0.15) is 0 Å². The van der Waals surface area contributed by atoms with Crippen molar-refractivity contribution in [2.45, 2.75) is 39.2 Å². The molecule has 3 heteroatoms. The zero-order valence-corrected chi connectivity index (χ0v) is 12.6. The first-order chi connectivity index (χ1) is 8.63. The molecule has 1 nitrogen and oxygen atoms in total. The Labute approximate surface area is 120 Å². The van der Waals surface area contributed by atoms with E-state index in [-0.39, 0.29) is 0 Å². The van der Waals surface area contributed by atoms with Crippen LogP contribution in [0.5, 0.6) is 0 Å². The van der Waals surface area contributed by atoms with Crippen LogP contribution in [0.1, 0.15) is 44.7 Å². The fraction of sp³-hybridized carbons (Fsp3) is 0.600. The van der Waals surface area contributed by atoms with Crippen molar-refractivity contribution in [3.05, 3.63) is 33.8 Å². The van der Waals surface area contributed by atoms with Crippen molar-refractivity contribution in [2.75, 3.05) is 6.54 Å². The van der Waals surface area contributed by atoms with Crippen molar-refractivity contribution in [1.29, 1.82) is 0 Å². The maximum Gasteiger partial charge on any atom is 0.0595 e. The molecule has 1 N–H and O–H groups in total. The third-order valence-corrected chi connectivity index (χ3v) is 4.82. The molecule has 18 heavy (non-hydrogen) atoms. The van der Waals surface area contributed by atoms with E-state index in [1.165, 1.54) is 24.8 Å². The Kier molecular flexibility index (Phi) is 4.94. The van der Waals surface area contributed by atoms with Crippen LogP contribution in [0.15, 0.2) is 18.2 Å². The van der Waals surface area contributed by atoms with Gasteiger partial charge in [-0.15, -0.1) is 0 Å². The molecule has 0 aliphatic heterocycles. The molecule has 0 spiro atoms. The van der Waals surface area contributed by atoms with Crippen LogP contribution < -0.4 is 5.32 Å². The van der Waals surface area contributed by atoms with Crippen LogP contribution in [0.4, 0.5) is 0 Å². The third kappa shape index (κ3) is 3.01. The van der Waals surface area contributed by atoms with E-state index < -0.39 is 0 Å². The minimum atomic E-state index is 0.405. The Morgan fingerprint density at radius 3 is 2.61 bits per heavy atom. The summed E-state index contributed by atoms with van der Waals surface area (Å²) in [4.78, 5) is 0. The first-order valence-electron chi connectivity index (χ1n) is 6.81. The normalized spacial score (nSPS) is 25.3. The predicted molar refractivity (Wildman–Crippen MR) is 79.4 cm³/mol. The van der Waals surface area contributed by atoms with Gasteiger partial charge in [0.2, 0.25) is 0 Å². The van der Waals surface area contributed by atoms with Crippen LogP contribution in [0.2, 0.25) is 10.0 Å². The van der Waals surface area contributed by atoms with Gasteiger partial charge in [-0.05, 0) is 42.5 Å². The highest BCUT2D eigenvalue weighted by molar-refractivity contribution is 6.42. The Morgan fingerprint density at radius 2 is 2.06 bits per heavy atom. The SMILES string of the molecule is CCNC(c1ccc(Cl)c(Cl)c1)C1CCCC1C. The smallest absolute Gasteiger partial charge is 0.0595 e. The first-order valence-corrected chi connectivity index (χ1v) is 7.57. The minimum absolute atomic E-state index is 0.405. The molecule has 100 valence electrons. The van der Waals surface area contributed by atoms with E-state index in [4.69, 9.17) is 23.2 Å². The molecule has 0 bridgehead atoms. The summed E-state index contributed by atoms with van der Waals surface area (Å²) in [5, 5.41) is 4.91. The Balaban J connectivity index is 2.25. The van der Waals surface area contributed by atoms with E-state index >= 15 is 0 Å². The molecule has 1 fully saturated rings. The van der Waals surface area contributed by atoms with E-state index in [1.54, 1.807) is 0 Å². The maximum atomic E-state index is 6.14. The van der Waals surface area contributed by atoms with Crippen molar-refractivity contribution in [2.24, 2.45) is 11.8 Å². The minimum Gasteiger partial charge on any atom is -0.310 e. The number of halogens is 2. The topological polar surface area (TPSA) is 12.0 Å². The largest absolute Gasteiger partial charge is 0.310 e. The molecule has 0 aromatic heterocycles. The molecular weight excluding hydrogens is 265 g/mol. The number of hydrogen-bond donors (Lipinski definition) is 1. The zero-order chi connectivity index (χ0) is 13.1. The van der Waals surface area contributed by atoms with E-state index in [2.05, 4.69) is 25.2 Å². The molecule has 1 aromatic rings. The summed E-state index contributed by atoms with van der Waals surface area (Å²) >= 11 is 12.1. The summed E-state index contributed by atoms with van der Waals surface area (Å²) in [6.07, 6.45) is 3.99. The lowest BCUT2D eigenvalue weighted by atomic mass is 9.86. The average Bonchev–Trinajstić information content (AvgIpc) is 2.76. The van der Waals surface area contributed by atoms with Crippen LogP contribution in [0.3, 0.4) is 0 Å². The van der Waals surface area contributed by atoms with Gasteiger partial charge >= 0.3 is 0 Å². The first kappa shape index (κ1) is 14.2. The molecule has 0 heterocycles. The predicted octanol–water partition coefficient (Wildman–Crippen LogP) is 5.08. The standard InChI is InChI=1S/C15H21Cl2N/c1-3-18-15(12-6-4-5-10(12)2)11-7-8-13(16)14(17)9-11/h7-10,12,15,18H,3-6H2,1-2H3. The van der Waals surface area contributed by atoms with Crippen LogP contribution in [0.25, 0.3) is 0 Å². The Morgan fingerprint density at radius 1 is 1.28 bits per heavy atom. The van der Waals surface area contributed by atoms with Gasteiger partial charge in [-0.1, -0.05) is 56.0 Å². The quantitative estimate of drug-likeness (QED) is 0.813. The molecule has 0 amide bonds. The number of benzene rings is 1. The molecule has 1 aliphatic rings. The summed E-state index contributed by atoms with van der Waals surface area (Å²) in [5.74, 6) is 1.49. The van der Waals surface area contributed by atoms with E-state index in [0.717, 1.165) is 12.5 Å². The molecule has 2 rings (SSSR count). The number of hydrogen-bond acceptors (Lipinski definition) is 1. The van der Waals surface area contributed by atoms with Crippen molar-refractivity contribution < 1.29 is 0 Å². The molecule has 1 saturated carbocycles. The van der Waals surface area contributed by atoms with Gasteiger partial charge in [-0.3, -0.25) is 0 Å². The van der Waals surface area contributed by atoms with Gasteiger partial charge < -0.3 is 5.32 Å².